The highest BCUT2D eigenvalue weighted by atomic mass is 15.1. The molecule has 0 spiro atoms. The molecule has 1 heteroatoms. The molecule has 0 radical (unpaired) electrons. The topological polar surface area (TPSA) is 3.24 Å². The Labute approximate surface area is 67.6 Å². The van der Waals surface area contributed by atoms with Gasteiger partial charge in [-0.3, -0.25) is 7.05 Å². The summed E-state index contributed by atoms with van der Waals surface area (Å²) in [5, 5.41) is 0. The van der Waals surface area contributed by atoms with Crippen LogP contribution in [0.15, 0.2) is 18.2 Å². The van der Waals surface area contributed by atoms with Gasteiger partial charge in [0.2, 0.25) is 0 Å². The normalized spacial score (nSPS) is 15.3. The number of anilines is 1. The third-order valence-electron chi connectivity index (χ3n) is 2.23. The highest BCUT2D eigenvalue weighted by Gasteiger charge is 2.10. The van der Waals surface area contributed by atoms with E-state index in [1.807, 2.05) is 0 Å². The summed E-state index contributed by atoms with van der Waals surface area (Å²) in [7, 11) is 3.95. The van der Waals surface area contributed by atoms with E-state index >= 15 is 0 Å². The first-order valence-corrected chi connectivity index (χ1v) is 3.95. The Morgan fingerprint density at radius 2 is 2.27 bits per heavy atom. The molecule has 0 aliphatic carbocycles. The zero-order valence-corrected chi connectivity index (χ0v) is 6.80. The van der Waals surface area contributed by atoms with E-state index in [4.69, 9.17) is 0 Å². The second-order valence-electron chi connectivity index (χ2n) is 3.15. The van der Waals surface area contributed by atoms with Gasteiger partial charge in [0.1, 0.15) is 0 Å². The van der Waals surface area contributed by atoms with Crippen molar-refractivity contribution in [3.05, 3.63) is 36.4 Å². The Bertz CT molecular complexity index is 278. The zero-order valence-electron chi connectivity index (χ0n) is 6.80. The Kier molecular flexibility index (Phi) is 1.38. The fourth-order valence-corrected chi connectivity index (χ4v) is 1.56. The molecule has 1 aromatic rings. The average Bonchev–Trinajstić information content (AvgIpc) is 2.33. The summed E-state index contributed by atoms with van der Waals surface area (Å²) in [4.78, 5) is 2.07. The summed E-state index contributed by atoms with van der Waals surface area (Å²) in [6.45, 7) is 3.19. The average molecular weight is 146 g/mol. The second kappa shape index (κ2) is 2.26. The summed E-state index contributed by atoms with van der Waals surface area (Å²) in [6, 6.07) is 6.57. The van der Waals surface area contributed by atoms with Crippen LogP contribution in [-0.2, 0) is 6.42 Å². The molecule has 11 heavy (non-hydrogen) atoms. The van der Waals surface area contributed by atoms with Crippen LogP contribution in [0.25, 0.3) is 0 Å². The number of nitrogens with zero attached hydrogens (tertiary/aromatic N) is 1. The smallest absolute Gasteiger partial charge is 0.0104 e. The lowest BCUT2D eigenvalue weighted by Gasteiger charge is -2.21. The molecule has 0 saturated heterocycles. The summed E-state index contributed by atoms with van der Waals surface area (Å²) in [6.07, 6.45) is 1.15. The fraction of sp³-hybridized carbons (Fsp3) is 0.300. The Hall–Kier alpha value is -0.980. The van der Waals surface area contributed by atoms with Gasteiger partial charge in [-0.15, -0.1) is 0 Å². The molecule has 0 unspecified atom stereocenters. The minimum absolute atomic E-state index is 1.07. The van der Waals surface area contributed by atoms with Crippen molar-refractivity contribution in [1.82, 2.24) is 0 Å². The Morgan fingerprint density at radius 3 is 3.09 bits per heavy atom. The molecule has 0 fully saturated rings. The van der Waals surface area contributed by atoms with Crippen molar-refractivity contribution in [3.8, 4) is 0 Å². The van der Waals surface area contributed by atoms with E-state index < -0.39 is 0 Å². The third-order valence-corrected chi connectivity index (χ3v) is 2.23. The molecule has 1 aromatic carbocycles. The molecule has 1 aliphatic heterocycles. The van der Waals surface area contributed by atoms with E-state index in [0.717, 1.165) is 13.0 Å². The molecule has 1 nitrogen and oxygen atoms in total. The second-order valence-corrected chi connectivity index (χ2v) is 3.15. The largest absolute Gasteiger partial charge is 0.525 e. The maximum absolute atomic E-state index is 3.95. The lowest BCUT2D eigenvalue weighted by Crippen LogP contribution is -2.09. The van der Waals surface area contributed by atoms with E-state index in [2.05, 4.69) is 37.1 Å². The molecule has 0 saturated carbocycles. The van der Waals surface area contributed by atoms with E-state index in [1.54, 1.807) is 0 Å². The van der Waals surface area contributed by atoms with Gasteiger partial charge in [-0.1, -0.05) is 12.1 Å². The highest BCUT2D eigenvalue weighted by Crippen LogP contribution is 2.27. The SMILES string of the molecule is [CH2-]N1CCc2ccc(C)cc21. The molecular weight excluding hydrogens is 134 g/mol. The van der Waals surface area contributed by atoms with Gasteiger partial charge in [-0.2, -0.15) is 0 Å². The van der Waals surface area contributed by atoms with Crippen LogP contribution < -0.4 is 4.90 Å². The first-order chi connectivity index (χ1) is 5.27. The predicted molar refractivity (Wildman–Crippen MR) is 47.6 cm³/mol. The molecule has 58 valence electrons. The number of fused-ring (bicyclic) bond motifs is 1. The van der Waals surface area contributed by atoms with Crippen LogP contribution in [-0.4, -0.2) is 6.54 Å². The van der Waals surface area contributed by atoms with Crippen molar-refractivity contribution in [3.63, 3.8) is 0 Å². The van der Waals surface area contributed by atoms with Gasteiger partial charge in [0.15, 0.2) is 0 Å². The molecule has 0 atom stereocenters. The fourth-order valence-electron chi connectivity index (χ4n) is 1.56. The van der Waals surface area contributed by atoms with E-state index in [-0.39, 0.29) is 0 Å². The molecule has 1 aliphatic rings. The zero-order chi connectivity index (χ0) is 7.84. The first-order valence-electron chi connectivity index (χ1n) is 3.95. The molecule has 0 bridgehead atoms. The van der Waals surface area contributed by atoms with Crippen LogP contribution in [0.3, 0.4) is 0 Å². The Morgan fingerprint density at radius 1 is 1.45 bits per heavy atom. The van der Waals surface area contributed by atoms with Crippen LogP contribution in [0.1, 0.15) is 11.1 Å². The summed E-state index contributed by atoms with van der Waals surface area (Å²) in [5.74, 6) is 0. The van der Waals surface area contributed by atoms with E-state index in [9.17, 15) is 0 Å². The number of rotatable bonds is 0. The molecule has 0 N–H and O–H groups in total. The summed E-state index contributed by atoms with van der Waals surface area (Å²) in [5.41, 5.74) is 4.06. The van der Waals surface area contributed by atoms with Gasteiger partial charge in [-0.05, 0) is 37.1 Å². The van der Waals surface area contributed by atoms with Gasteiger partial charge in [0, 0.05) is 5.69 Å². The summed E-state index contributed by atoms with van der Waals surface area (Å²) >= 11 is 0. The monoisotopic (exact) mass is 146 g/mol. The van der Waals surface area contributed by atoms with Gasteiger partial charge in [-0.25, -0.2) is 0 Å². The van der Waals surface area contributed by atoms with Crippen molar-refractivity contribution in [1.29, 1.82) is 0 Å². The minimum Gasteiger partial charge on any atom is -0.525 e. The van der Waals surface area contributed by atoms with Crippen LogP contribution in [0.5, 0.6) is 0 Å². The molecule has 0 amide bonds. The first kappa shape index (κ1) is 6.71. The number of hydrogen-bond donors (Lipinski definition) is 0. The van der Waals surface area contributed by atoms with Gasteiger partial charge >= 0.3 is 0 Å². The van der Waals surface area contributed by atoms with Crippen molar-refractivity contribution < 1.29 is 0 Å². The predicted octanol–water partition coefficient (Wildman–Crippen LogP) is 2.15. The van der Waals surface area contributed by atoms with E-state index in [0.29, 0.717) is 0 Å². The third kappa shape index (κ3) is 1.01. The molecular formula is C10H12N-. The van der Waals surface area contributed by atoms with Gasteiger partial charge < -0.3 is 4.90 Å². The minimum atomic E-state index is 1.07. The lowest BCUT2D eigenvalue weighted by molar-refractivity contribution is 0.991. The molecule has 0 aromatic heterocycles. The van der Waals surface area contributed by atoms with Crippen molar-refractivity contribution in [2.45, 2.75) is 13.3 Å². The number of hydrogen-bond acceptors (Lipinski definition) is 1. The van der Waals surface area contributed by atoms with Crippen LogP contribution >= 0.6 is 0 Å². The number of benzene rings is 1. The lowest BCUT2D eigenvalue weighted by atomic mass is 10.1. The molecule has 1 heterocycles. The maximum atomic E-state index is 3.95. The number of aryl methyl sites for hydroxylation is 1. The van der Waals surface area contributed by atoms with Gasteiger partial charge in [0.05, 0.1) is 0 Å². The molecule has 2 rings (SSSR count). The van der Waals surface area contributed by atoms with Crippen molar-refractivity contribution >= 4 is 5.69 Å². The standard InChI is InChI=1S/C10H12N/c1-8-3-4-9-5-6-11(2)10(9)7-8/h3-4,7H,2,5-6H2,1H3/q-1. The highest BCUT2D eigenvalue weighted by molar-refractivity contribution is 5.59. The van der Waals surface area contributed by atoms with Crippen molar-refractivity contribution in [2.24, 2.45) is 0 Å². The van der Waals surface area contributed by atoms with E-state index in [1.165, 1.54) is 16.8 Å². The van der Waals surface area contributed by atoms with Crippen molar-refractivity contribution in [2.75, 3.05) is 11.4 Å². The van der Waals surface area contributed by atoms with Crippen LogP contribution in [0.2, 0.25) is 0 Å². The maximum Gasteiger partial charge on any atom is 0.0104 e. The Balaban J connectivity index is 2.52. The van der Waals surface area contributed by atoms with Gasteiger partial charge in [0.25, 0.3) is 0 Å². The van der Waals surface area contributed by atoms with Crippen LogP contribution in [0.4, 0.5) is 5.69 Å². The quantitative estimate of drug-likeness (QED) is 0.507. The van der Waals surface area contributed by atoms with Crippen LogP contribution in [0, 0.1) is 14.0 Å². The summed E-state index contributed by atoms with van der Waals surface area (Å²) < 4.78 is 0.